The zero-order valence-electron chi connectivity index (χ0n) is 9.57. The van der Waals surface area contributed by atoms with Crippen LogP contribution < -0.4 is 5.73 Å². The van der Waals surface area contributed by atoms with E-state index in [-0.39, 0.29) is 17.5 Å². The standard InChI is InChI=1S/C10H13N5O2S/c11-10-3-9(7-4-12-13-5-7)14-15(10)8-1-2-18(16,17)6-8/h3-5,8H,1-2,6,11H2,(H,12,13). The van der Waals surface area contributed by atoms with Gasteiger partial charge < -0.3 is 5.73 Å². The molecule has 0 aromatic carbocycles. The van der Waals surface area contributed by atoms with Crippen LogP contribution in [0.5, 0.6) is 0 Å². The van der Waals surface area contributed by atoms with E-state index in [0.29, 0.717) is 17.9 Å². The Morgan fingerprint density at radius 3 is 2.94 bits per heavy atom. The SMILES string of the molecule is Nc1cc(-c2cn[nH]c2)nn1C1CCS(=O)(=O)C1. The van der Waals surface area contributed by atoms with Gasteiger partial charge in [-0.05, 0) is 6.42 Å². The van der Waals surface area contributed by atoms with Crippen molar-refractivity contribution in [1.29, 1.82) is 0 Å². The Hall–Kier alpha value is -1.83. The van der Waals surface area contributed by atoms with Gasteiger partial charge in [-0.15, -0.1) is 0 Å². The third-order valence-electron chi connectivity index (χ3n) is 3.11. The summed E-state index contributed by atoms with van der Waals surface area (Å²) in [5.74, 6) is 0.801. The maximum absolute atomic E-state index is 11.5. The van der Waals surface area contributed by atoms with Gasteiger partial charge in [-0.25, -0.2) is 13.1 Å². The molecular formula is C10H13N5O2S. The second-order valence-electron chi connectivity index (χ2n) is 4.44. The molecule has 1 unspecified atom stereocenters. The third kappa shape index (κ3) is 1.88. The molecule has 0 saturated carbocycles. The van der Waals surface area contributed by atoms with Gasteiger partial charge >= 0.3 is 0 Å². The number of hydrogen-bond donors (Lipinski definition) is 2. The highest BCUT2D eigenvalue weighted by molar-refractivity contribution is 7.91. The zero-order chi connectivity index (χ0) is 12.8. The van der Waals surface area contributed by atoms with E-state index < -0.39 is 9.84 Å². The summed E-state index contributed by atoms with van der Waals surface area (Å²) < 4.78 is 24.5. The molecule has 2 aromatic rings. The Morgan fingerprint density at radius 1 is 1.50 bits per heavy atom. The number of rotatable bonds is 2. The Bertz CT molecular complexity index is 659. The summed E-state index contributed by atoms with van der Waals surface area (Å²) in [7, 11) is -2.94. The van der Waals surface area contributed by atoms with Crippen LogP contribution in [0.1, 0.15) is 12.5 Å². The first-order chi connectivity index (χ1) is 8.55. The maximum atomic E-state index is 11.5. The van der Waals surface area contributed by atoms with Crippen molar-refractivity contribution in [2.24, 2.45) is 0 Å². The lowest BCUT2D eigenvalue weighted by Gasteiger charge is -2.09. The van der Waals surface area contributed by atoms with Crippen LogP contribution in [0.4, 0.5) is 5.82 Å². The molecule has 1 aliphatic heterocycles. The summed E-state index contributed by atoms with van der Waals surface area (Å²) in [6.07, 6.45) is 3.94. The van der Waals surface area contributed by atoms with Gasteiger partial charge in [0.2, 0.25) is 0 Å². The molecule has 3 N–H and O–H groups in total. The van der Waals surface area contributed by atoms with Gasteiger partial charge in [0.05, 0.1) is 29.4 Å². The molecule has 3 rings (SSSR count). The maximum Gasteiger partial charge on any atom is 0.152 e. The van der Waals surface area contributed by atoms with Crippen LogP contribution in [0.15, 0.2) is 18.5 Å². The summed E-state index contributed by atoms with van der Waals surface area (Å²) in [5.41, 5.74) is 7.43. The lowest BCUT2D eigenvalue weighted by molar-refractivity contribution is 0.508. The summed E-state index contributed by atoms with van der Waals surface area (Å²) >= 11 is 0. The topological polar surface area (TPSA) is 107 Å². The highest BCUT2D eigenvalue weighted by Crippen LogP contribution is 2.28. The van der Waals surface area contributed by atoms with Gasteiger partial charge in [-0.2, -0.15) is 10.2 Å². The number of anilines is 1. The molecule has 3 heterocycles. The fourth-order valence-electron chi connectivity index (χ4n) is 2.20. The van der Waals surface area contributed by atoms with E-state index in [9.17, 15) is 8.42 Å². The second kappa shape index (κ2) is 3.84. The van der Waals surface area contributed by atoms with Gasteiger partial charge in [-0.1, -0.05) is 0 Å². The fourth-order valence-corrected chi connectivity index (χ4v) is 3.89. The molecule has 1 atom stereocenters. The van der Waals surface area contributed by atoms with E-state index in [1.807, 2.05) is 0 Å². The van der Waals surface area contributed by atoms with Gasteiger partial charge in [0.25, 0.3) is 0 Å². The van der Waals surface area contributed by atoms with E-state index in [4.69, 9.17) is 5.73 Å². The van der Waals surface area contributed by atoms with Crippen molar-refractivity contribution in [2.75, 3.05) is 17.2 Å². The number of H-pyrrole nitrogens is 1. The summed E-state index contributed by atoms with van der Waals surface area (Å²) in [6, 6.07) is 1.58. The van der Waals surface area contributed by atoms with Crippen LogP contribution in [-0.4, -0.2) is 39.9 Å². The average molecular weight is 267 g/mol. The van der Waals surface area contributed by atoms with E-state index in [1.54, 1.807) is 23.1 Å². The first-order valence-corrected chi connectivity index (χ1v) is 7.42. The fraction of sp³-hybridized carbons (Fsp3) is 0.400. The summed E-state index contributed by atoms with van der Waals surface area (Å²) in [5, 5.41) is 10.9. The number of hydrogen-bond acceptors (Lipinski definition) is 5. The molecule has 7 nitrogen and oxygen atoms in total. The monoisotopic (exact) mass is 267 g/mol. The molecule has 0 aliphatic carbocycles. The van der Waals surface area contributed by atoms with Crippen LogP contribution in [0.2, 0.25) is 0 Å². The van der Waals surface area contributed by atoms with Crippen molar-refractivity contribution in [3.63, 3.8) is 0 Å². The number of nitrogens with two attached hydrogens (primary N) is 1. The minimum atomic E-state index is -2.94. The molecule has 0 bridgehead atoms. The van der Waals surface area contributed by atoms with Gasteiger partial charge in [0.15, 0.2) is 9.84 Å². The molecule has 2 aromatic heterocycles. The van der Waals surface area contributed by atoms with Gasteiger partial charge in [0.1, 0.15) is 5.82 Å². The molecule has 96 valence electrons. The predicted molar refractivity (Wildman–Crippen MR) is 66.5 cm³/mol. The molecule has 1 saturated heterocycles. The molecule has 1 aliphatic rings. The molecule has 0 radical (unpaired) electrons. The Kier molecular flexibility index (Phi) is 2.40. The van der Waals surface area contributed by atoms with Crippen molar-refractivity contribution < 1.29 is 8.42 Å². The lowest BCUT2D eigenvalue weighted by atomic mass is 10.2. The van der Waals surface area contributed by atoms with Crippen molar-refractivity contribution in [3.05, 3.63) is 18.5 Å². The second-order valence-corrected chi connectivity index (χ2v) is 6.67. The van der Waals surface area contributed by atoms with Crippen molar-refractivity contribution >= 4 is 15.7 Å². The minimum Gasteiger partial charge on any atom is -0.384 e. The lowest BCUT2D eigenvalue weighted by Crippen LogP contribution is -2.14. The molecule has 0 amide bonds. The van der Waals surface area contributed by atoms with E-state index in [1.165, 1.54) is 0 Å². The van der Waals surface area contributed by atoms with Crippen molar-refractivity contribution in [1.82, 2.24) is 20.0 Å². The van der Waals surface area contributed by atoms with Crippen LogP contribution in [-0.2, 0) is 9.84 Å². The molecule has 1 fully saturated rings. The first kappa shape index (κ1) is 11.3. The normalized spacial score (nSPS) is 22.3. The van der Waals surface area contributed by atoms with E-state index in [2.05, 4.69) is 15.3 Å². The first-order valence-electron chi connectivity index (χ1n) is 5.60. The largest absolute Gasteiger partial charge is 0.384 e. The molecular weight excluding hydrogens is 254 g/mol. The quantitative estimate of drug-likeness (QED) is 0.809. The number of aromatic amines is 1. The van der Waals surface area contributed by atoms with Crippen molar-refractivity contribution in [2.45, 2.75) is 12.5 Å². The van der Waals surface area contributed by atoms with Crippen LogP contribution in [0.3, 0.4) is 0 Å². The smallest absolute Gasteiger partial charge is 0.152 e. The van der Waals surface area contributed by atoms with E-state index in [0.717, 1.165) is 5.56 Å². The number of nitrogens with one attached hydrogen (secondary N) is 1. The number of nitrogen functional groups attached to an aromatic ring is 1. The Labute approximate surface area is 104 Å². The third-order valence-corrected chi connectivity index (χ3v) is 4.86. The molecule has 0 spiro atoms. The number of nitrogens with zero attached hydrogens (tertiary/aromatic N) is 3. The highest BCUT2D eigenvalue weighted by Gasteiger charge is 2.31. The summed E-state index contributed by atoms with van der Waals surface area (Å²) in [4.78, 5) is 0. The van der Waals surface area contributed by atoms with Gasteiger partial charge in [-0.3, -0.25) is 5.10 Å². The van der Waals surface area contributed by atoms with Crippen molar-refractivity contribution in [3.8, 4) is 11.3 Å². The Balaban J connectivity index is 1.95. The number of aromatic nitrogens is 4. The van der Waals surface area contributed by atoms with Crippen LogP contribution in [0.25, 0.3) is 11.3 Å². The minimum absolute atomic E-state index is 0.115. The number of sulfone groups is 1. The summed E-state index contributed by atoms with van der Waals surface area (Å²) in [6.45, 7) is 0. The predicted octanol–water partition coefficient (Wildman–Crippen LogP) is 0.215. The van der Waals surface area contributed by atoms with Crippen LogP contribution >= 0.6 is 0 Å². The highest BCUT2D eigenvalue weighted by atomic mass is 32.2. The van der Waals surface area contributed by atoms with E-state index >= 15 is 0 Å². The molecule has 8 heteroatoms. The van der Waals surface area contributed by atoms with Gasteiger partial charge in [0, 0.05) is 17.8 Å². The van der Waals surface area contributed by atoms with Crippen LogP contribution in [0, 0.1) is 0 Å². The average Bonchev–Trinajstić information content (AvgIpc) is 2.97. The zero-order valence-corrected chi connectivity index (χ0v) is 10.4. The molecule has 18 heavy (non-hydrogen) atoms. The Morgan fingerprint density at radius 2 is 2.33 bits per heavy atom.